The molecule has 1 fully saturated rings. The minimum absolute atomic E-state index is 0.177. The molecule has 26 heavy (non-hydrogen) atoms. The summed E-state index contributed by atoms with van der Waals surface area (Å²) in [5, 5.41) is 9.19. The zero-order valence-electron chi connectivity index (χ0n) is 14.3. The van der Waals surface area contributed by atoms with E-state index in [1.807, 2.05) is 45.2 Å². The highest BCUT2D eigenvalue weighted by atomic mass is 32.1. The summed E-state index contributed by atoms with van der Waals surface area (Å²) in [6.45, 7) is 1.22. The van der Waals surface area contributed by atoms with Crippen molar-refractivity contribution in [3.05, 3.63) is 58.2 Å². The molecule has 1 N–H and O–H groups in total. The van der Waals surface area contributed by atoms with Crippen LogP contribution in [0.2, 0.25) is 0 Å². The van der Waals surface area contributed by atoms with E-state index < -0.39 is 0 Å². The summed E-state index contributed by atoms with van der Waals surface area (Å²) in [6, 6.07) is 14.6. The van der Waals surface area contributed by atoms with Crippen molar-refractivity contribution in [2.24, 2.45) is 0 Å². The van der Waals surface area contributed by atoms with Crippen LogP contribution in [0, 0.1) is 4.77 Å². The molecule has 5 nitrogen and oxygen atoms in total. The number of hydrogen-bond acceptors (Lipinski definition) is 4. The maximum atomic E-state index is 12.9. The second-order valence-electron chi connectivity index (χ2n) is 6.47. The maximum absolute atomic E-state index is 12.9. The van der Waals surface area contributed by atoms with Gasteiger partial charge in [0.25, 0.3) is 0 Å². The van der Waals surface area contributed by atoms with Gasteiger partial charge in [0.05, 0.1) is 4.88 Å². The Kier molecular flexibility index (Phi) is 4.99. The molecule has 7 heteroatoms. The van der Waals surface area contributed by atoms with E-state index in [2.05, 4.69) is 22.3 Å². The lowest BCUT2D eigenvalue weighted by molar-refractivity contribution is -0.132. The maximum Gasteiger partial charge on any atom is 0.224 e. The van der Waals surface area contributed by atoms with Crippen LogP contribution in [0.5, 0.6) is 0 Å². The average Bonchev–Trinajstić information content (AvgIpc) is 3.22. The van der Waals surface area contributed by atoms with Crippen LogP contribution in [0.15, 0.2) is 47.8 Å². The fourth-order valence-corrected chi connectivity index (χ4v) is 4.00. The number of amides is 1. The topological polar surface area (TPSA) is 53.9 Å². The quantitative estimate of drug-likeness (QED) is 0.620. The lowest BCUT2D eigenvalue weighted by Crippen LogP contribution is -2.33. The summed E-state index contributed by atoms with van der Waals surface area (Å²) in [6.07, 6.45) is 2.63. The monoisotopic (exact) mass is 384 g/mol. The van der Waals surface area contributed by atoms with E-state index in [0.717, 1.165) is 23.5 Å². The van der Waals surface area contributed by atoms with E-state index in [4.69, 9.17) is 12.2 Å². The Labute approximate surface area is 161 Å². The summed E-state index contributed by atoms with van der Waals surface area (Å²) in [4.78, 5) is 16.0. The minimum Gasteiger partial charge on any atom is -0.335 e. The van der Waals surface area contributed by atoms with Crippen LogP contribution in [-0.2, 0) is 17.9 Å². The molecule has 134 valence electrons. The van der Waals surface area contributed by atoms with E-state index in [1.165, 1.54) is 5.56 Å². The largest absolute Gasteiger partial charge is 0.335 e. The smallest absolute Gasteiger partial charge is 0.224 e. The molecule has 4 rings (SSSR count). The normalized spacial score (nSPS) is 13.7. The van der Waals surface area contributed by atoms with Crippen molar-refractivity contribution in [2.45, 2.75) is 38.4 Å². The molecule has 1 aliphatic carbocycles. The van der Waals surface area contributed by atoms with Gasteiger partial charge in [0.1, 0.15) is 0 Å². The highest BCUT2D eigenvalue weighted by molar-refractivity contribution is 7.71. The van der Waals surface area contributed by atoms with Gasteiger partial charge in [0.15, 0.2) is 10.6 Å². The second kappa shape index (κ2) is 7.55. The number of benzene rings is 1. The van der Waals surface area contributed by atoms with Gasteiger partial charge < -0.3 is 4.90 Å². The Morgan fingerprint density at radius 3 is 2.77 bits per heavy atom. The number of hydrogen-bond donors (Lipinski definition) is 1. The van der Waals surface area contributed by atoms with Crippen molar-refractivity contribution in [3.63, 3.8) is 0 Å². The third kappa shape index (κ3) is 3.78. The zero-order chi connectivity index (χ0) is 17.9. The minimum atomic E-state index is 0.177. The Morgan fingerprint density at radius 1 is 1.27 bits per heavy atom. The van der Waals surface area contributed by atoms with E-state index >= 15 is 0 Å². The number of carbonyl (C=O) groups is 1. The Bertz CT molecular complexity index is 926. The fourth-order valence-electron chi connectivity index (χ4n) is 3.06. The van der Waals surface area contributed by atoms with Crippen LogP contribution in [0.4, 0.5) is 0 Å². The Balaban J connectivity index is 1.46. The van der Waals surface area contributed by atoms with Crippen molar-refractivity contribution >= 4 is 29.5 Å². The third-order valence-electron chi connectivity index (χ3n) is 4.55. The molecule has 1 aliphatic rings. The Hall–Kier alpha value is -2.25. The van der Waals surface area contributed by atoms with Crippen molar-refractivity contribution in [2.75, 3.05) is 0 Å². The van der Waals surface area contributed by atoms with Crippen molar-refractivity contribution in [3.8, 4) is 10.7 Å². The van der Waals surface area contributed by atoms with Gasteiger partial charge >= 0.3 is 0 Å². The van der Waals surface area contributed by atoms with Gasteiger partial charge in [0.2, 0.25) is 5.91 Å². The summed E-state index contributed by atoms with van der Waals surface area (Å²) in [5.74, 6) is 0.982. The van der Waals surface area contributed by atoms with Gasteiger partial charge in [-0.1, -0.05) is 36.4 Å². The number of aromatic nitrogens is 3. The number of carbonyl (C=O) groups excluding carboxylic acids is 1. The first-order chi connectivity index (χ1) is 12.7. The Morgan fingerprint density at radius 2 is 2.08 bits per heavy atom. The first-order valence-electron chi connectivity index (χ1n) is 8.75. The predicted octanol–water partition coefficient (Wildman–Crippen LogP) is 4.25. The first kappa shape index (κ1) is 17.2. The number of H-pyrrole nitrogens is 1. The molecule has 0 atom stereocenters. The van der Waals surface area contributed by atoms with Crippen molar-refractivity contribution < 1.29 is 4.79 Å². The number of rotatable bonds is 7. The van der Waals surface area contributed by atoms with E-state index in [0.29, 0.717) is 30.3 Å². The highest BCUT2D eigenvalue weighted by Crippen LogP contribution is 2.29. The molecule has 1 aromatic carbocycles. The zero-order valence-corrected chi connectivity index (χ0v) is 15.9. The van der Waals surface area contributed by atoms with Gasteiger partial charge in [-0.2, -0.15) is 5.10 Å². The van der Waals surface area contributed by atoms with Crippen molar-refractivity contribution in [1.29, 1.82) is 0 Å². The van der Waals surface area contributed by atoms with Crippen LogP contribution in [0.25, 0.3) is 10.7 Å². The van der Waals surface area contributed by atoms with E-state index in [1.54, 1.807) is 11.3 Å². The molecule has 0 saturated heterocycles. The van der Waals surface area contributed by atoms with Crippen LogP contribution >= 0.6 is 23.6 Å². The summed E-state index contributed by atoms with van der Waals surface area (Å²) >= 11 is 6.97. The van der Waals surface area contributed by atoms with Gasteiger partial charge in [-0.3, -0.25) is 14.5 Å². The average molecular weight is 385 g/mol. The van der Waals surface area contributed by atoms with Gasteiger partial charge in [-0.15, -0.1) is 11.3 Å². The van der Waals surface area contributed by atoms with Crippen LogP contribution < -0.4 is 0 Å². The van der Waals surface area contributed by atoms with Gasteiger partial charge in [-0.25, -0.2) is 0 Å². The third-order valence-corrected chi connectivity index (χ3v) is 5.73. The van der Waals surface area contributed by atoms with Crippen molar-refractivity contribution in [1.82, 2.24) is 19.7 Å². The molecule has 0 radical (unpaired) electrons. The molecule has 3 aromatic rings. The highest BCUT2D eigenvalue weighted by Gasteiger charge is 2.32. The molecule has 1 amide bonds. The predicted molar refractivity (Wildman–Crippen MR) is 105 cm³/mol. The lowest BCUT2D eigenvalue weighted by Gasteiger charge is -2.23. The lowest BCUT2D eigenvalue weighted by atomic mass is 10.2. The van der Waals surface area contributed by atoms with E-state index in [9.17, 15) is 4.79 Å². The molecular formula is C19H20N4OS2. The van der Waals surface area contributed by atoms with Gasteiger partial charge in [-0.05, 0) is 42.1 Å². The second-order valence-corrected chi connectivity index (χ2v) is 7.80. The number of thiophene rings is 1. The first-order valence-corrected chi connectivity index (χ1v) is 10.0. The number of aromatic amines is 1. The van der Waals surface area contributed by atoms with E-state index in [-0.39, 0.29) is 5.91 Å². The number of nitrogens with one attached hydrogen (secondary N) is 1. The van der Waals surface area contributed by atoms with Crippen LogP contribution in [0.1, 0.15) is 24.8 Å². The number of nitrogens with zero attached hydrogens (tertiary/aromatic N) is 3. The summed E-state index contributed by atoms with van der Waals surface area (Å²) < 4.78 is 2.48. The SMILES string of the molecule is O=C(CCn1c(-c2cccs2)n[nH]c1=S)N(Cc1ccccc1)C1CC1. The van der Waals surface area contributed by atoms with Crippen LogP contribution in [-0.4, -0.2) is 31.6 Å². The summed E-state index contributed by atoms with van der Waals surface area (Å²) in [7, 11) is 0. The molecule has 0 spiro atoms. The summed E-state index contributed by atoms with van der Waals surface area (Å²) in [5.41, 5.74) is 1.17. The van der Waals surface area contributed by atoms with Crippen LogP contribution in [0.3, 0.4) is 0 Å². The fraction of sp³-hybridized carbons (Fsp3) is 0.316. The molecule has 2 aromatic heterocycles. The molecule has 0 aliphatic heterocycles. The van der Waals surface area contributed by atoms with Gasteiger partial charge in [0, 0.05) is 25.6 Å². The molecule has 2 heterocycles. The standard InChI is InChI=1S/C19H20N4OS2/c24-17(23(15-8-9-15)13-14-5-2-1-3-6-14)10-11-22-18(20-21-19(22)25)16-7-4-12-26-16/h1-7,12,15H,8-11,13H2,(H,21,25). The molecule has 0 bridgehead atoms. The molecule has 0 unspecified atom stereocenters. The molecular weight excluding hydrogens is 364 g/mol. The molecule has 1 saturated carbocycles.